The van der Waals surface area contributed by atoms with Crippen molar-refractivity contribution in [2.45, 2.75) is 25.9 Å². The van der Waals surface area contributed by atoms with Crippen molar-refractivity contribution in [2.75, 3.05) is 13.1 Å². The number of carbonyl (C=O) groups is 1. The van der Waals surface area contributed by atoms with Crippen molar-refractivity contribution in [2.24, 2.45) is 0 Å². The lowest BCUT2D eigenvalue weighted by molar-refractivity contribution is -0.384. The first-order chi connectivity index (χ1) is 8.99. The van der Waals surface area contributed by atoms with E-state index in [1.54, 1.807) is 17.0 Å². The number of nitro groups is 1. The van der Waals surface area contributed by atoms with Crippen LogP contribution in [-0.4, -0.2) is 40.9 Å². The van der Waals surface area contributed by atoms with Crippen LogP contribution >= 0.6 is 12.4 Å². The van der Waals surface area contributed by atoms with Crippen molar-refractivity contribution in [1.29, 1.82) is 0 Å². The molecule has 1 aromatic rings. The number of nitrogens with zero attached hydrogens (tertiary/aromatic N) is 2. The van der Waals surface area contributed by atoms with E-state index in [0.717, 1.165) is 6.54 Å². The van der Waals surface area contributed by atoms with Crippen molar-refractivity contribution in [3.63, 3.8) is 0 Å². The summed E-state index contributed by atoms with van der Waals surface area (Å²) in [5.41, 5.74) is 0.317. The summed E-state index contributed by atoms with van der Waals surface area (Å²) in [5, 5.41) is 14.0. The number of amides is 1. The lowest BCUT2D eigenvalue weighted by Gasteiger charge is -2.37. The summed E-state index contributed by atoms with van der Waals surface area (Å²) in [6, 6.07) is 6.21. The number of carbonyl (C=O) groups excluding carboxylic acids is 1. The number of piperazine rings is 1. The Hall–Kier alpha value is -1.66. The molecule has 1 aliphatic heterocycles. The van der Waals surface area contributed by atoms with Crippen molar-refractivity contribution in [3.05, 3.63) is 39.9 Å². The van der Waals surface area contributed by atoms with Crippen molar-refractivity contribution >= 4 is 24.0 Å². The van der Waals surface area contributed by atoms with Crippen LogP contribution in [0.3, 0.4) is 0 Å². The molecule has 110 valence electrons. The van der Waals surface area contributed by atoms with Crippen LogP contribution in [0.1, 0.15) is 24.2 Å². The van der Waals surface area contributed by atoms with Crippen LogP contribution in [0.4, 0.5) is 5.69 Å². The van der Waals surface area contributed by atoms with E-state index in [1.165, 1.54) is 12.1 Å². The van der Waals surface area contributed by atoms with Gasteiger partial charge in [-0.2, -0.15) is 0 Å². The Bertz CT molecular complexity index is 509. The van der Waals surface area contributed by atoms with Crippen LogP contribution in [0.15, 0.2) is 24.3 Å². The molecule has 2 rings (SSSR count). The summed E-state index contributed by atoms with van der Waals surface area (Å²) in [5.74, 6) is -0.149. The lowest BCUT2D eigenvalue weighted by Crippen LogP contribution is -2.56. The van der Waals surface area contributed by atoms with Crippen LogP contribution in [0.25, 0.3) is 0 Å². The monoisotopic (exact) mass is 299 g/mol. The molecule has 1 fully saturated rings. The number of nitro benzene ring substituents is 1. The number of hydrogen-bond acceptors (Lipinski definition) is 4. The maximum atomic E-state index is 12.4. The van der Waals surface area contributed by atoms with Gasteiger partial charge < -0.3 is 10.2 Å². The highest BCUT2D eigenvalue weighted by Gasteiger charge is 2.27. The Balaban J connectivity index is 0.00000200. The fraction of sp³-hybridized carbons (Fsp3) is 0.462. The van der Waals surface area contributed by atoms with Crippen molar-refractivity contribution in [3.8, 4) is 0 Å². The topological polar surface area (TPSA) is 75.5 Å². The molecule has 2 atom stereocenters. The van der Waals surface area contributed by atoms with Gasteiger partial charge in [0.15, 0.2) is 0 Å². The number of hydrogen-bond donors (Lipinski definition) is 1. The molecule has 1 aromatic carbocycles. The summed E-state index contributed by atoms with van der Waals surface area (Å²) in [6.45, 7) is 5.33. The van der Waals surface area contributed by atoms with Gasteiger partial charge >= 0.3 is 0 Å². The number of rotatable bonds is 2. The fourth-order valence-corrected chi connectivity index (χ4v) is 2.22. The van der Waals surface area contributed by atoms with Crippen molar-refractivity contribution in [1.82, 2.24) is 10.2 Å². The predicted molar refractivity (Wildman–Crippen MR) is 78.3 cm³/mol. The minimum Gasteiger partial charge on any atom is -0.333 e. The molecule has 0 aliphatic carbocycles. The average molecular weight is 300 g/mol. The van der Waals surface area contributed by atoms with Gasteiger partial charge in [-0.25, -0.2) is 0 Å². The fourth-order valence-electron chi connectivity index (χ4n) is 2.22. The van der Waals surface area contributed by atoms with Crippen LogP contribution < -0.4 is 5.32 Å². The maximum absolute atomic E-state index is 12.4. The van der Waals surface area contributed by atoms with E-state index in [2.05, 4.69) is 5.32 Å². The van der Waals surface area contributed by atoms with E-state index < -0.39 is 4.92 Å². The molecule has 20 heavy (non-hydrogen) atoms. The third kappa shape index (κ3) is 3.46. The van der Waals surface area contributed by atoms with Gasteiger partial charge in [0.2, 0.25) is 0 Å². The van der Waals surface area contributed by atoms with Crippen LogP contribution in [0, 0.1) is 10.1 Å². The molecule has 0 bridgehead atoms. The molecule has 1 aliphatic rings. The molecular weight excluding hydrogens is 282 g/mol. The highest BCUT2D eigenvalue weighted by Crippen LogP contribution is 2.17. The molecule has 2 unspecified atom stereocenters. The van der Waals surface area contributed by atoms with Crippen molar-refractivity contribution < 1.29 is 9.72 Å². The summed E-state index contributed by atoms with van der Waals surface area (Å²) < 4.78 is 0. The molecule has 0 aromatic heterocycles. The molecular formula is C13H18ClN3O3. The summed E-state index contributed by atoms with van der Waals surface area (Å²) in [4.78, 5) is 24.4. The minimum absolute atomic E-state index is 0. The second-order valence-corrected chi connectivity index (χ2v) is 4.92. The van der Waals surface area contributed by atoms with Gasteiger partial charge in [0.1, 0.15) is 0 Å². The van der Waals surface area contributed by atoms with Gasteiger partial charge in [-0.1, -0.05) is 6.07 Å². The highest BCUT2D eigenvalue weighted by atomic mass is 35.5. The lowest BCUT2D eigenvalue weighted by atomic mass is 10.1. The number of benzene rings is 1. The summed E-state index contributed by atoms with van der Waals surface area (Å²) in [6.07, 6.45) is 0. The van der Waals surface area contributed by atoms with Gasteiger partial charge in [-0.3, -0.25) is 14.9 Å². The second-order valence-electron chi connectivity index (χ2n) is 4.92. The second kappa shape index (κ2) is 6.67. The standard InChI is InChI=1S/C13H17N3O3.ClH/c1-9-8-15(10(2)7-14-9)13(17)11-4-3-5-12(6-11)16(18)19;/h3-6,9-10,14H,7-8H2,1-2H3;1H. The smallest absolute Gasteiger partial charge is 0.270 e. The largest absolute Gasteiger partial charge is 0.333 e. The normalized spacial score (nSPS) is 22.0. The first-order valence-corrected chi connectivity index (χ1v) is 6.28. The first-order valence-electron chi connectivity index (χ1n) is 6.28. The third-order valence-corrected chi connectivity index (χ3v) is 3.33. The van der Waals surface area contributed by atoms with E-state index >= 15 is 0 Å². The molecule has 1 heterocycles. The maximum Gasteiger partial charge on any atom is 0.270 e. The SMILES string of the molecule is CC1CN(C(=O)c2cccc([N+](=O)[O-])c2)C(C)CN1.Cl. The van der Waals surface area contributed by atoms with E-state index in [4.69, 9.17) is 0 Å². The zero-order chi connectivity index (χ0) is 14.0. The Morgan fingerprint density at radius 3 is 2.80 bits per heavy atom. The summed E-state index contributed by atoms with van der Waals surface area (Å²) >= 11 is 0. The first kappa shape index (κ1) is 16.4. The van der Waals surface area contributed by atoms with Gasteiger partial charge in [-0.05, 0) is 19.9 Å². The molecule has 0 spiro atoms. The Morgan fingerprint density at radius 1 is 1.45 bits per heavy atom. The number of halogens is 1. The third-order valence-electron chi connectivity index (χ3n) is 3.33. The molecule has 1 N–H and O–H groups in total. The van der Waals surface area contributed by atoms with E-state index in [0.29, 0.717) is 12.1 Å². The number of nitrogens with one attached hydrogen (secondary N) is 1. The van der Waals surface area contributed by atoms with E-state index in [-0.39, 0.29) is 36.1 Å². The van der Waals surface area contributed by atoms with Crippen LogP contribution in [0.2, 0.25) is 0 Å². The molecule has 6 nitrogen and oxygen atoms in total. The summed E-state index contributed by atoms with van der Waals surface area (Å²) in [7, 11) is 0. The number of non-ortho nitro benzene ring substituents is 1. The minimum atomic E-state index is -0.486. The molecule has 1 amide bonds. The Labute approximate surface area is 123 Å². The highest BCUT2D eigenvalue weighted by molar-refractivity contribution is 5.95. The van der Waals surface area contributed by atoms with Gasteiger partial charge in [0.05, 0.1) is 4.92 Å². The average Bonchev–Trinajstić information content (AvgIpc) is 2.41. The molecule has 1 saturated heterocycles. The Morgan fingerprint density at radius 2 is 2.15 bits per heavy atom. The zero-order valence-electron chi connectivity index (χ0n) is 11.4. The van der Waals surface area contributed by atoms with Gasteiger partial charge in [0, 0.05) is 42.9 Å². The van der Waals surface area contributed by atoms with Gasteiger partial charge in [-0.15, -0.1) is 12.4 Å². The molecule has 7 heteroatoms. The zero-order valence-corrected chi connectivity index (χ0v) is 12.2. The Kier molecular flexibility index (Phi) is 5.47. The molecule has 0 radical (unpaired) electrons. The quantitative estimate of drug-likeness (QED) is 0.668. The van der Waals surface area contributed by atoms with E-state index in [1.807, 2.05) is 13.8 Å². The van der Waals surface area contributed by atoms with Crippen LogP contribution in [-0.2, 0) is 0 Å². The predicted octanol–water partition coefficient (Wildman–Crippen LogP) is 1.84. The molecule has 0 saturated carbocycles. The van der Waals surface area contributed by atoms with Crippen LogP contribution in [0.5, 0.6) is 0 Å². The van der Waals surface area contributed by atoms with E-state index in [9.17, 15) is 14.9 Å². The van der Waals surface area contributed by atoms with Gasteiger partial charge in [0.25, 0.3) is 11.6 Å².